The Morgan fingerprint density at radius 1 is 1.27 bits per heavy atom. The molecular formula is C19H32IN3O3. The minimum atomic E-state index is 0. The summed E-state index contributed by atoms with van der Waals surface area (Å²) in [5.41, 5.74) is 1.48. The second kappa shape index (κ2) is 11.5. The van der Waals surface area contributed by atoms with E-state index in [2.05, 4.69) is 34.7 Å². The Balaban J connectivity index is 0.00000338. The maximum absolute atomic E-state index is 5.63. The third-order valence-electron chi connectivity index (χ3n) is 4.27. The fourth-order valence-electron chi connectivity index (χ4n) is 2.71. The van der Waals surface area contributed by atoms with Crippen LogP contribution < -0.4 is 20.1 Å². The Morgan fingerprint density at radius 2 is 2.04 bits per heavy atom. The fourth-order valence-corrected chi connectivity index (χ4v) is 2.71. The standard InChI is InChI=1S/C19H31N3O3.HI/c1-5-25-17-11-15(8-9-16(17)23-4)7-6-10-21-18(20-3)22-12-19(2)13-24-14-19;/h8-9,11H,5-7,10,12-14H2,1-4H3,(H2,20,21,22);1H. The number of aryl methyl sites for hydroxylation is 1. The van der Waals surface area contributed by atoms with Gasteiger partial charge in [0.2, 0.25) is 0 Å². The van der Waals surface area contributed by atoms with E-state index in [1.165, 1.54) is 5.56 Å². The van der Waals surface area contributed by atoms with Crippen molar-refractivity contribution < 1.29 is 14.2 Å². The van der Waals surface area contributed by atoms with Crippen LogP contribution in [0.2, 0.25) is 0 Å². The Labute approximate surface area is 174 Å². The van der Waals surface area contributed by atoms with Crippen LogP contribution in [0.1, 0.15) is 25.8 Å². The van der Waals surface area contributed by atoms with E-state index in [0.717, 1.165) is 56.6 Å². The molecule has 2 N–H and O–H groups in total. The summed E-state index contributed by atoms with van der Waals surface area (Å²) in [6.07, 6.45) is 1.98. The molecule has 1 heterocycles. The predicted molar refractivity (Wildman–Crippen MR) is 116 cm³/mol. The van der Waals surface area contributed by atoms with Crippen molar-refractivity contribution in [2.24, 2.45) is 10.4 Å². The summed E-state index contributed by atoms with van der Waals surface area (Å²) in [7, 11) is 3.46. The molecule has 0 bridgehead atoms. The molecule has 0 atom stereocenters. The molecule has 6 nitrogen and oxygen atoms in total. The second-order valence-electron chi connectivity index (χ2n) is 6.68. The summed E-state index contributed by atoms with van der Waals surface area (Å²) in [4.78, 5) is 4.27. The highest BCUT2D eigenvalue weighted by Gasteiger charge is 2.33. The first-order chi connectivity index (χ1) is 12.1. The van der Waals surface area contributed by atoms with Gasteiger partial charge in [0.25, 0.3) is 0 Å². The largest absolute Gasteiger partial charge is 0.493 e. The third kappa shape index (κ3) is 6.83. The molecule has 1 aliphatic rings. The van der Waals surface area contributed by atoms with E-state index >= 15 is 0 Å². The van der Waals surface area contributed by atoms with Crippen LogP contribution in [0.4, 0.5) is 0 Å². The maximum atomic E-state index is 5.63. The SMILES string of the molecule is CCOc1cc(CCCNC(=NC)NCC2(C)COC2)ccc1OC.I. The molecule has 0 aromatic heterocycles. The number of hydrogen-bond donors (Lipinski definition) is 2. The average molecular weight is 477 g/mol. The van der Waals surface area contributed by atoms with Crippen LogP contribution in [0.25, 0.3) is 0 Å². The summed E-state index contributed by atoms with van der Waals surface area (Å²) >= 11 is 0. The van der Waals surface area contributed by atoms with Crippen molar-refractivity contribution in [1.82, 2.24) is 10.6 Å². The number of rotatable bonds is 9. The Bertz CT molecular complexity index is 577. The van der Waals surface area contributed by atoms with Crippen molar-refractivity contribution in [3.8, 4) is 11.5 Å². The van der Waals surface area contributed by atoms with Crippen LogP contribution in [-0.2, 0) is 11.2 Å². The van der Waals surface area contributed by atoms with Gasteiger partial charge in [-0.3, -0.25) is 4.99 Å². The lowest BCUT2D eigenvalue weighted by molar-refractivity contribution is -0.0971. The number of aliphatic imine (C=N–C) groups is 1. The predicted octanol–water partition coefficient (Wildman–Crippen LogP) is 2.85. The number of halogens is 1. The van der Waals surface area contributed by atoms with Crippen molar-refractivity contribution in [2.45, 2.75) is 26.7 Å². The van der Waals surface area contributed by atoms with Crippen LogP contribution in [0.15, 0.2) is 23.2 Å². The van der Waals surface area contributed by atoms with E-state index in [0.29, 0.717) is 6.61 Å². The van der Waals surface area contributed by atoms with Gasteiger partial charge < -0.3 is 24.8 Å². The van der Waals surface area contributed by atoms with E-state index in [9.17, 15) is 0 Å². The summed E-state index contributed by atoms with van der Waals surface area (Å²) < 4.78 is 16.2. The number of methoxy groups -OCH3 is 1. The van der Waals surface area contributed by atoms with Gasteiger partial charge in [0, 0.05) is 25.6 Å². The quantitative estimate of drug-likeness (QED) is 0.248. The molecule has 0 unspecified atom stereocenters. The van der Waals surface area contributed by atoms with Gasteiger partial charge >= 0.3 is 0 Å². The molecule has 148 valence electrons. The smallest absolute Gasteiger partial charge is 0.190 e. The zero-order valence-electron chi connectivity index (χ0n) is 16.3. The lowest BCUT2D eigenvalue weighted by Gasteiger charge is -2.38. The number of nitrogens with zero attached hydrogens (tertiary/aromatic N) is 1. The lowest BCUT2D eigenvalue weighted by atomic mass is 9.89. The van der Waals surface area contributed by atoms with Gasteiger partial charge in [0.1, 0.15) is 0 Å². The van der Waals surface area contributed by atoms with E-state index in [1.807, 2.05) is 13.0 Å². The summed E-state index contributed by atoms with van der Waals surface area (Å²) in [6.45, 7) is 8.20. The van der Waals surface area contributed by atoms with Crippen molar-refractivity contribution in [2.75, 3.05) is 47.1 Å². The van der Waals surface area contributed by atoms with Gasteiger partial charge in [-0.25, -0.2) is 0 Å². The maximum Gasteiger partial charge on any atom is 0.190 e. The van der Waals surface area contributed by atoms with Gasteiger partial charge in [0.05, 0.1) is 26.9 Å². The van der Waals surface area contributed by atoms with E-state index in [4.69, 9.17) is 14.2 Å². The molecule has 0 spiro atoms. The van der Waals surface area contributed by atoms with E-state index in [1.54, 1.807) is 14.2 Å². The molecule has 1 aliphatic heterocycles. The highest BCUT2D eigenvalue weighted by Crippen LogP contribution is 2.28. The van der Waals surface area contributed by atoms with Gasteiger partial charge in [-0.15, -0.1) is 24.0 Å². The minimum Gasteiger partial charge on any atom is -0.493 e. The first-order valence-electron chi connectivity index (χ1n) is 8.92. The normalized spacial score (nSPS) is 15.5. The molecule has 0 saturated carbocycles. The first-order valence-corrected chi connectivity index (χ1v) is 8.92. The van der Waals surface area contributed by atoms with Gasteiger partial charge in [-0.2, -0.15) is 0 Å². The first kappa shape index (κ1) is 22.8. The Hall–Kier alpha value is -1.22. The number of hydrogen-bond acceptors (Lipinski definition) is 4. The summed E-state index contributed by atoms with van der Waals surface area (Å²) in [6, 6.07) is 6.12. The number of benzene rings is 1. The molecule has 2 rings (SSSR count). The van der Waals surface area contributed by atoms with Crippen molar-refractivity contribution >= 4 is 29.9 Å². The summed E-state index contributed by atoms with van der Waals surface area (Å²) in [5, 5.41) is 6.74. The molecule has 7 heteroatoms. The average Bonchev–Trinajstić information content (AvgIpc) is 2.60. The molecule has 0 amide bonds. The van der Waals surface area contributed by atoms with Crippen LogP contribution in [-0.4, -0.2) is 53.0 Å². The van der Waals surface area contributed by atoms with Gasteiger partial charge in [0.15, 0.2) is 17.5 Å². The Kier molecular flexibility index (Phi) is 10.1. The fraction of sp³-hybridized carbons (Fsp3) is 0.632. The highest BCUT2D eigenvalue weighted by molar-refractivity contribution is 14.0. The van der Waals surface area contributed by atoms with E-state index < -0.39 is 0 Å². The molecule has 0 radical (unpaired) electrons. The topological polar surface area (TPSA) is 64.1 Å². The highest BCUT2D eigenvalue weighted by atomic mass is 127. The number of guanidine groups is 1. The number of ether oxygens (including phenoxy) is 3. The molecule has 0 aliphatic carbocycles. The third-order valence-corrected chi connectivity index (χ3v) is 4.27. The van der Waals surface area contributed by atoms with Gasteiger partial charge in [-0.05, 0) is 37.5 Å². The molecule has 1 aromatic carbocycles. The van der Waals surface area contributed by atoms with E-state index in [-0.39, 0.29) is 29.4 Å². The lowest BCUT2D eigenvalue weighted by Crippen LogP contribution is -2.51. The van der Waals surface area contributed by atoms with Crippen LogP contribution in [0.3, 0.4) is 0 Å². The molecule has 1 saturated heterocycles. The minimum absolute atomic E-state index is 0. The van der Waals surface area contributed by atoms with Crippen molar-refractivity contribution in [1.29, 1.82) is 0 Å². The van der Waals surface area contributed by atoms with Crippen molar-refractivity contribution in [3.05, 3.63) is 23.8 Å². The summed E-state index contributed by atoms with van der Waals surface area (Å²) in [5.74, 6) is 2.43. The van der Waals surface area contributed by atoms with Crippen LogP contribution >= 0.6 is 24.0 Å². The van der Waals surface area contributed by atoms with Crippen molar-refractivity contribution in [3.63, 3.8) is 0 Å². The van der Waals surface area contributed by atoms with Gasteiger partial charge in [-0.1, -0.05) is 13.0 Å². The molecule has 1 fully saturated rings. The molecule has 1 aromatic rings. The molecular weight excluding hydrogens is 445 g/mol. The van der Waals surface area contributed by atoms with Crippen LogP contribution in [0.5, 0.6) is 11.5 Å². The number of nitrogens with one attached hydrogen (secondary N) is 2. The van der Waals surface area contributed by atoms with Crippen LogP contribution in [0, 0.1) is 5.41 Å². The monoisotopic (exact) mass is 477 g/mol. The molecule has 26 heavy (non-hydrogen) atoms. The Morgan fingerprint density at radius 3 is 2.62 bits per heavy atom. The zero-order valence-corrected chi connectivity index (χ0v) is 18.6. The zero-order chi connectivity index (χ0) is 18.1. The second-order valence-corrected chi connectivity index (χ2v) is 6.68.